The van der Waals surface area contributed by atoms with E-state index in [9.17, 15) is 4.79 Å². The van der Waals surface area contributed by atoms with E-state index >= 15 is 0 Å². The van der Waals surface area contributed by atoms with Crippen molar-refractivity contribution in [2.24, 2.45) is 0 Å². The molecule has 0 N–H and O–H groups in total. The highest BCUT2D eigenvalue weighted by molar-refractivity contribution is 5.74. The first kappa shape index (κ1) is 16.1. The van der Waals surface area contributed by atoms with Gasteiger partial charge in [0.2, 0.25) is 0 Å². The van der Waals surface area contributed by atoms with Crippen molar-refractivity contribution in [2.75, 3.05) is 20.8 Å². The van der Waals surface area contributed by atoms with Crippen LogP contribution in [0.25, 0.3) is 0 Å². The van der Waals surface area contributed by atoms with Crippen molar-refractivity contribution < 1.29 is 23.7 Å². The molecule has 0 amide bonds. The van der Waals surface area contributed by atoms with E-state index in [2.05, 4.69) is 0 Å². The summed E-state index contributed by atoms with van der Waals surface area (Å²) in [5.41, 5.74) is 0.707. The largest absolute Gasteiger partial charge is 0.496 e. The minimum Gasteiger partial charge on any atom is -0.496 e. The second-order valence-corrected chi connectivity index (χ2v) is 4.46. The van der Waals surface area contributed by atoms with Crippen LogP contribution < -0.4 is 14.2 Å². The van der Waals surface area contributed by atoms with Crippen LogP contribution in [0.15, 0.2) is 12.1 Å². The number of hydrogen-bond acceptors (Lipinski definition) is 5. The highest BCUT2D eigenvalue weighted by Gasteiger charge is 2.16. The molecular formula is C15H22O5. The highest BCUT2D eigenvalue weighted by atomic mass is 16.5. The zero-order valence-electron chi connectivity index (χ0n) is 12.7. The summed E-state index contributed by atoms with van der Waals surface area (Å²) in [7, 11) is 3.11. The maximum atomic E-state index is 11.6. The molecule has 112 valence electrons. The molecule has 1 aromatic rings. The molecule has 1 rings (SSSR count). The van der Waals surface area contributed by atoms with Gasteiger partial charge in [0.25, 0.3) is 0 Å². The SMILES string of the molecule is CCOC(=O)Cc1cc(OC)c(OC(C)C)cc1OC. The van der Waals surface area contributed by atoms with Gasteiger partial charge in [0.15, 0.2) is 11.5 Å². The van der Waals surface area contributed by atoms with Gasteiger partial charge in [-0.2, -0.15) is 0 Å². The van der Waals surface area contributed by atoms with Gasteiger partial charge in [0.05, 0.1) is 33.4 Å². The molecule has 0 fully saturated rings. The van der Waals surface area contributed by atoms with Gasteiger partial charge >= 0.3 is 5.97 Å². The fourth-order valence-electron chi connectivity index (χ4n) is 1.78. The summed E-state index contributed by atoms with van der Waals surface area (Å²) in [6.07, 6.45) is 0.152. The Morgan fingerprint density at radius 1 is 1.10 bits per heavy atom. The quantitative estimate of drug-likeness (QED) is 0.719. The fourth-order valence-corrected chi connectivity index (χ4v) is 1.78. The first-order chi connectivity index (χ1) is 9.51. The Balaban J connectivity index is 3.08. The molecule has 0 aliphatic rings. The van der Waals surface area contributed by atoms with Gasteiger partial charge in [0, 0.05) is 11.6 Å². The Labute approximate surface area is 119 Å². The average molecular weight is 282 g/mol. The maximum Gasteiger partial charge on any atom is 0.310 e. The Kier molecular flexibility index (Phi) is 6.15. The molecule has 0 aliphatic carbocycles. The number of methoxy groups -OCH3 is 2. The van der Waals surface area contributed by atoms with Crippen LogP contribution in [0.4, 0.5) is 0 Å². The molecule has 20 heavy (non-hydrogen) atoms. The van der Waals surface area contributed by atoms with Crippen LogP contribution >= 0.6 is 0 Å². The topological polar surface area (TPSA) is 54.0 Å². The molecular weight excluding hydrogens is 260 g/mol. The lowest BCUT2D eigenvalue weighted by molar-refractivity contribution is -0.142. The van der Waals surface area contributed by atoms with Gasteiger partial charge in [-0.3, -0.25) is 4.79 Å². The van der Waals surface area contributed by atoms with Gasteiger partial charge in [-0.25, -0.2) is 0 Å². The summed E-state index contributed by atoms with van der Waals surface area (Å²) < 4.78 is 21.2. The number of esters is 1. The molecule has 0 radical (unpaired) electrons. The summed E-state index contributed by atoms with van der Waals surface area (Å²) in [6, 6.07) is 3.47. The van der Waals surface area contributed by atoms with Crippen LogP contribution in [0.1, 0.15) is 26.3 Å². The second kappa shape index (κ2) is 7.62. The van der Waals surface area contributed by atoms with Crippen molar-refractivity contribution in [3.05, 3.63) is 17.7 Å². The number of carbonyl (C=O) groups is 1. The molecule has 5 nitrogen and oxygen atoms in total. The van der Waals surface area contributed by atoms with Gasteiger partial charge in [-0.1, -0.05) is 0 Å². The first-order valence-electron chi connectivity index (χ1n) is 6.59. The van der Waals surface area contributed by atoms with Crippen LogP contribution in [0.2, 0.25) is 0 Å². The molecule has 0 aromatic heterocycles. The van der Waals surface area contributed by atoms with Crippen molar-refractivity contribution in [3.8, 4) is 17.2 Å². The number of hydrogen-bond donors (Lipinski definition) is 0. The standard InChI is InChI=1S/C15H22O5/c1-6-19-15(16)8-11-7-13(18-5)14(20-10(2)3)9-12(11)17-4/h7,9-10H,6,8H2,1-5H3. The van der Waals surface area contributed by atoms with Crippen LogP contribution in [-0.4, -0.2) is 32.9 Å². The smallest absolute Gasteiger partial charge is 0.310 e. The van der Waals surface area contributed by atoms with Gasteiger partial charge in [-0.15, -0.1) is 0 Å². The normalized spacial score (nSPS) is 10.3. The van der Waals surface area contributed by atoms with E-state index in [0.717, 1.165) is 0 Å². The summed E-state index contributed by atoms with van der Waals surface area (Å²) in [6.45, 7) is 5.99. The number of benzene rings is 1. The van der Waals surface area contributed by atoms with Gasteiger partial charge in [-0.05, 0) is 26.8 Å². The summed E-state index contributed by atoms with van der Waals surface area (Å²) in [5.74, 6) is 1.44. The van der Waals surface area contributed by atoms with E-state index in [1.54, 1.807) is 33.3 Å². The first-order valence-corrected chi connectivity index (χ1v) is 6.59. The molecule has 0 saturated heterocycles. The Morgan fingerprint density at radius 2 is 1.75 bits per heavy atom. The molecule has 0 atom stereocenters. The predicted molar refractivity (Wildman–Crippen MR) is 75.6 cm³/mol. The molecule has 0 saturated carbocycles. The summed E-state index contributed by atoms with van der Waals surface area (Å²) >= 11 is 0. The molecule has 0 bridgehead atoms. The Morgan fingerprint density at radius 3 is 2.25 bits per heavy atom. The van der Waals surface area contributed by atoms with E-state index in [1.807, 2.05) is 13.8 Å². The van der Waals surface area contributed by atoms with Gasteiger partial charge < -0.3 is 18.9 Å². The van der Waals surface area contributed by atoms with Crippen molar-refractivity contribution in [3.63, 3.8) is 0 Å². The van der Waals surface area contributed by atoms with Crippen molar-refractivity contribution in [2.45, 2.75) is 33.3 Å². The lowest BCUT2D eigenvalue weighted by atomic mass is 10.1. The third kappa shape index (κ3) is 4.33. The lowest BCUT2D eigenvalue weighted by Crippen LogP contribution is -2.10. The van der Waals surface area contributed by atoms with Crippen LogP contribution in [-0.2, 0) is 16.0 Å². The zero-order chi connectivity index (χ0) is 15.1. The zero-order valence-corrected chi connectivity index (χ0v) is 12.7. The van der Waals surface area contributed by atoms with Crippen LogP contribution in [0.3, 0.4) is 0 Å². The third-order valence-electron chi connectivity index (χ3n) is 2.57. The van der Waals surface area contributed by atoms with E-state index < -0.39 is 0 Å². The number of carbonyl (C=O) groups excluding carboxylic acids is 1. The number of ether oxygens (including phenoxy) is 4. The lowest BCUT2D eigenvalue weighted by Gasteiger charge is -2.17. The molecule has 0 aliphatic heterocycles. The van der Waals surface area contributed by atoms with Crippen molar-refractivity contribution >= 4 is 5.97 Å². The average Bonchev–Trinajstić information content (AvgIpc) is 2.39. The monoisotopic (exact) mass is 282 g/mol. The van der Waals surface area contributed by atoms with E-state index in [1.165, 1.54) is 0 Å². The minimum atomic E-state index is -0.301. The Hall–Kier alpha value is -1.91. The molecule has 0 spiro atoms. The van der Waals surface area contributed by atoms with Crippen molar-refractivity contribution in [1.82, 2.24) is 0 Å². The van der Waals surface area contributed by atoms with Crippen LogP contribution in [0.5, 0.6) is 17.2 Å². The predicted octanol–water partition coefficient (Wildman–Crippen LogP) is 2.60. The van der Waals surface area contributed by atoms with E-state index in [-0.39, 0.29) is 18.5 Å². The molecule has 0 unspecified atom stereocenters. The molecule has 5 heteroatoms. The minimum absolute atomic E-state index is 0.0181. The van der Waals surface area contributed by atoms with E-state index in [4.69, 9.17) is 18.9 Å². The summed E-state index contributed by atoms with van der Waals surface area (Å²) in [5, 5.41) is 0. The molecule has 1 aromatic carbocycles. The van der Waals surface area contributed by atoms with Crippen LogP contribution in [0, 0.1) is 0 Å². The third-order valence-corrected chi connectivity index (χ3v) is 2.57. The summed E-state index contributed by atoms with van der Waals surface area (Å²) in [4.78, 5) is 11.6. The molecule has 0 heterocycles. The van der Waals surface area contributed by atoms with Crippen molar-refractivity contribution in [1.29, 1.82) is 0 Å². The second-order valence-electron chi connectivity index (χ2n) is 4.46. The van der Waals surface area contributed by atoms with E-state index in [0.29, 0.717) is 29.4 Å². The Bertz CT molecular complexity index is 454. The fraction of sp³-hybridized carbons (Fsp3) is 0.533. The number of rotatable bonds is 7. The maximum absolute atomic E-state index is 11.6. The highest BCUT2D eigenvalue weighted by Crippen LogP contribution is 2.35. The van der Waals surface area contributed by atoms with Gasteiger partial charge in [0.1, 0.15) is 5.75 Å².